The lowest BCUT2D eigenvalue weighted by Crippen LogP contribution is -1.80. The lowest BCUT2D eigenvalue weighted by atomic mass is 10.1. The van der Waals surface area contributed by atoms with E-state index in [0.29, 0.717) is 5.57 Å². The van der Waals surface area contributed by atoms with Crippen LogP contribution in [0.5, 0.6) is 0 Å². The number of nitrogens with zero attached hydrogens (tertiary/aromatic N) is 2. The Bertz CT molecular complexity index is 530. The molecule has 0 bridgehead atoms. The highest BCUT2D eigenvalue weighted by Gasteiger charge is 2.02. The average Bonchev–Trinajstić information content (AvgIpc) is 2.82. The quantitative estimate of drug-likeness (QED) is 0.735. The fourth-order valence-corrected chi connectivity index (χ4v) is 1.93. The molecule has 0 fully saturated rings. The highest BCUT2D eigenvalue weighted by atomic mass is 32.1. The molecule has 1 aromatic heterocycles. The summed E-state index contributed by atoms with van der Waals surface area (Å²) >= 11 is 1.48. The molecular weight excluding hydrogens is 216 g/mol. The topological polar surface area (TPSA) is 36.7 Å². The molecular formula is C13H10N2S. The van der Waals surface area contributed by atoms with E-state index in [1.165, 1.54) is 16.9 Å². The zero-order valence-corrected chi connectivity index (χ0v) is 9.66. The Hall–Kier alpha value is -1.92. The van der Waals surface area contributed by atoms with Crippen molar-refractivity contribution in [2.75, 3.05) is 0 Å². The smallest absolute Gasteiger partial charge is 0.133 e. The van der Waals surface area contributed by atoms with Crippen molar-refractivity contribution in [2.45, 2.75) is 6.92 Å². The molecule has 0 aliphatic carbocycles. The first-order chi connectivity index (χ1) is 7.79. The number of aryl methyl sites for hydroxylation is 1. The van der Waals surface area contributed by atoms with Gasteiger partial charge >= 0.3 is 0 Å². The molecule has 0 amide bonds. The van der Waals surface area contributed by atoms with E-state index in [2.05, 4.69) is 11.1 Å². The molecule has 0 spiro atoms. The summed E-state index contributed by atoms with van der Waals surface area (Å²) in [4.78, 5) is 4.13. The third-order valence-corrected chi connectivity index (χ3v) is 2.98. The molecule has 3 heteroatoms. The van der Waals surface area contributed by atoms with Crippen molar-refractivity contribution in [1.29, 1.82) is 5.26 Å². The van der Waals surface area contributed by atoms with Gasteiger partial charge in [0.15, 0.2) is 0 Å². The second-order valence-corrected chi connectivity index (χ2v) is 4.31. The van der Waals surface area contributed by atoms with Crippen LogP contribution in [0.25, 0.3) is 11.6 Å². The van der Waals surface area contributed by atoms with Gasteiger partial charge in [0.25, 0.3) is 0 Å². The molecule has 1 aromatic carbocycles. The van der Waals surface area contributed by atoms with E-state index in [9.17, 15) is 0 Å². The van der Waals surface area contributed by atoms with Gasteiger partial charge in [-0.3, -0.25) is 0 Å². The molecule has 2 nitrogen and oxygen atoms in total. The standard InChI is InChI=1S/C13H10N2S/c1-10-2-4-11(5-3-10)8-12(9-14)13-15-6-7-16-13/h2-8H,1H3/b12-8+. The number of aromatic nitrogens is 1. The number of allylic oxidation sites excluding steroid dienone is 1. The number of rotatable bonds is 2. The Kier molecular flexibility index (Phi) is 3.13. The summed E-state index contributed by atoms with van der Waals surface area (Å²) in [6.07, 6.45) is 3.57. The second-order valence-electron chi connectivity index (χ2n) is 3.42. The largest absolute Gasteiger partial charge is 0.244 e. The van der Waals surface area contributed by atoms with Crippen LogP contribution in [0.1, 0.15) is 16.1 Å². The first-order valence-corrected chi connectivity index (χ1v) is 5.76. The van der Waals surface area contributed by atoms with E-state index >= 15 is 0 Å². The molecule has 0 saturated heterocycles. The lowest BCUT2D eigenvalue weighted by Gasteiger charge is -1.96. The fraction of sp³-hybridized carbons (Fsp3) is 0.0769. The monoisotopic (exact) mass is 226 g/mol. The van der Waals surface area contributed by atoms with Gasteiger partial charge in [0.1, 0.15) is 11.1 Å². The normalized spacial score (nSPS) is 11.1. The third kappa shape index (κ3) is 2.36. The maximum atomic E-state index is 9.06. The summed E-state index contributed by atoms with van der Waals surface area (Å²) in [7, 11) is 0. The number of thiazole rings is 1. The minimum Gasteiger partial charge on any atom is -0.244 e. The van der Waals surface area contributed by atoms with Gasteiger partial charge in [-0.15, -0.1) is 11.3 Å². The predicted molar refractivity (Wildman–Crippen MR) is 66.8 cm³/mol. The Labute approximate surface area is 98.5 Å². The van der Waals surface area contributed by atoms with Gasteiger partial charge in [-0.25, -0.2) is 4.98 Å². The van der Waals surface area contributed by atoms with Crippen molar-refractivity contribution < 1.29 is 0 Å². The van der Waals surface area contributed by atoms with E-state index < -0.39 is 0 Å². The molecule has 0 aliphatic rings. The molecule has 0 atom stereocenters. The number of nitriles is 1. The van der Waals surface area contributed by atoms with Crippen LogP contribution in [-0.4, -0.2) is 4.98 Å². The van der Waals surface area contributed by atoms with Gasteiger partial charge in [0, 0.05) is 11.6 Å². The molecule has 2 aromatic rings. The Morgan fingerprint density at radius 3 is 2.69 bits per heavy atom. The maximum absolute atomic E-state index is 9.06. The van der Waals surface area contributed by atoms with Gasteiger partial charge in [-0.1, -0.05) is 29.8 Å². The van der Waals surface area contributed by atoms with Gasteiger partial charge in [-0.05, 0) is 18.6 Å². The highest BCUT2D eigenvalue weighted by Crippen LogP contribution is 2.19. The fourth-order valence-electron chi connectivity index (χ4n) is 1.33. The van der Waals surface area contributed by atoms with Gasteiger partial charge < -0.3 is 0 Å². The first-order valence-electron chi connectivity index (χ1n) is 4.88. The van der Waals surface area contributed by atoms with E-state index in [1.54, 1.807) is 6.20 Å². The summed E-state index contributed by atoms with van der Waals surface area (Å²) in [6, 6.07) is 10.2. The lowest BCUT2D eigenvalue weighted by molar-refractivity contribution is 1.38. The van der Waals surface area contributed by atoms with Crippen LogP contribution in [0.2, 0.25) is 0 Å². The van der Waals surface area contributed by atoms with Crippen molar-refractivity contribution >= 4 is 23.0 Å². The molecule has 16 heavy (non-hydrogen) atoms. The van der Waals surface area contributed by atoms with Gasteiger partial charge in [0.05, 0.1) is 5.57 Å². The molecule has 0 aliphatic heterocycles. The van der Waals surface area contributed by atoms with Gasteiger partial charge in [-0.2, -0.15) is 5.26 Å². The average molecular weight is 226 g/mol. The molecule has 78 valence electrons. The molecule has 0 unspecified atom stereocenters. The third-order valence-electron chi connectivity index (χ3n) is 2.17. The van der Waals surface area contributed by atoms with Crippen LogP contribution in [0.3, 0.4) is 0 Å². The van der Waals surface area contributed by atoms with E-state index in [-0.39, 0.29) is 0 Å². The number of benzene rings is 1. The van der Waals surface area contributed by atoms with Crippen molar-refractivity contribution in [2.24, 2.45) is 0 Å². The van der Waals surface area contributed by atoms with Crippen molar-refractivity contribution in [1.82, 2.24) is 4.98 Å². The van der Waals surface area contributed by atoms with E-state index in [0.717, 1.165) is 10.6 Å². The summed E-state index contributed by atoms with van der Waals surface area (Å²) < 4.78 is 0. The van der Waals surface area contributed by atoms with Crippen LogP contribution in [0.4, 0.5) is 0 Å². The van der Waals surface area contributed by atoms with Crippen LogP contribution in [-0.2, 0) is 0 Å². The minimum atomic E-state index is 0.610. The van der Waals surface area contributed by atoms with Crippen molar-refractivity contribution in [3.05, 3.63) is 52.0 Å². The predicted octanol–water partition coefficient (Wildman–Crippen LogP) is 3.52. The molecule has 0 radical (unpaired) electrons. The summed E-state index contributed by atoms with van der Waals surface area (Å²) in [6.45, 7) is 2.04. The van der Waals surface area contributed by atoms with Crippen molar-refractivity contribution in [3.8, 4) is 6.07 Å². The maximum Gasteiger partial charge on any atom is 0.133 e. The van der Waals surface area contributed by atoms with Crippen LogP contribution >= 0.6 is 11.3 Å². The molecule has 2 rings (SSSR count). The highest BCUT2D eigenvalue weighted by molar-refractivity contribution is 7.10. The van der Waals surface area contributed by atoms with Crippen LogP contribution in [0, 0.1) is 18.3 Å². The molecule has 0 saturated carbocycles. The van der Waals surface area contributed by atoms with Crippen LogP contribution in [0.15, 0.2) is 35.8 Å². The first kappa shape index (κ1) is 10.6. The summed E-state index contributed by atoms with van der Waals surface area (Å²) in [5, 5.41) is 11.7. The summed E-state index contributed by atoms with van der Waals surface area (Å²) in [5.74, 6) is 0. The summed E-state index contributed by atoms with van der Waals surface area (Å²) in [5.41, 5.74) is 2.85. The Morgan fingerprint density at radius 1 is 1.38 bits per heavy atom. The zero-order valence-electron chi connectivity index (χ0n) is 8.84. The van der Waals surface area contributed by atoms with E-state index in [1.807, 2.05) is 42.6 Å². The number of hydrogen-bond donors (Lipinski definition) is 0. The molecule has 1 heterocycles. The second kappa shape index (κ2) is 4.73. The van der Waals surface area contributed by atoms with Crippen LogP contribution < -0.4 is 0 Å². The Balaban J connectivity index is 2.36. The SMILES string of the molecule is Cc1ccc(/C=C(\C#N)c2nccs2)cc1. The van der Waals surface area contributed by atoms with E-state index in [4.69, 9.17) is 5.26 Å². The van der Waals surface area contributed by atoms with Gasteiger partial charge in [0.2, 0.25) is 0 Å². The minimum absolute atomic E-state index is 0.610. The Morgan fingerprint density at radius 2 is 2.12 bits per heavy atom. The zero-order chi connectivity index (χ0) is 11.4. The molecule has 0 N–H and O–H groups in total. The number of hydrogen-bond acceptors (Lipinski definition) is 3. The van der Waals surface area contributed by atoms with Crippen molar-refractivity contribution in [3.63, 3.8) is 0 Å².